The lowest BCUT2D eigenvalue weighted by Gasteiger charge is -1.97. The van der Waals surface area contributed by atoms with Crippen molar-refractivity contribution in [1.82, 2.24) is 4.98 Å². The molecule has 1 heterocycles. The van der Waals surface area contributed by atoms with E-state index in [-0.39, 0.29) is 5.97 Å². The van der Waals surface area contributed by atoms with Crippen molar-refractivity contribution in [2.24, 2.45) is 0 Å². The number of hydrogen-bond acceptors (Lipinski definition) is 5. The molecular weight excluding hydrogens is 212 g/mol. The molecule has 5 heteroatoms. The number of carbonyl (C=O) groups excluding carboxylic acids is 1. The standard InChI is InChI=1S/C10H16N2O2S/c1-3-5-6-7-12-9(11)8(15-7)10(13)14-4-2/h3-6,11H2,1-2H3. The average molecular weight is 228 g/mol. The van der Waals surface area contributed by atoms with Crippen molar-refractivity contribution in [3.8, 4) is 0 Å². The van der Waals surface area contributed by atoms with Gasteiger partial charge in [-0.05, 0) is 19.8 Å². The number of esters is 1. The second-order valence-corrected chi connectivity index (χ2v) is 4.23. The first-order valence-corrected chi connectivity index (χ1v) is 5.93. The number of hydrogen-bond donors (Lipinski definition) is 1. The Morgan fingerprint density at radius 3 is 2.87 bits per heavy atom. The summed E-state index contributed by atoms with van der Waals surface area (Å²) in [5.74, 6) is -0.0696. The lowest BCUT2D eigenvalue weighted by atomic mass is 10.3. The molecule has 0 aliphatic carbocycles. The minimum atomic E-state index is -0.366. The Balaban J connectivity index is 2.72. The molecule has 0 fully saturated rings. The fourth-order valence-electron chi connectivity index (χ4n) is 1.16. The van der Waals surface area contributed by atoms with E-state index in [1.54, 1.807) is 6.92 Å². The van der Waals surface area contributed by atoms with Gasteiger partial charge in [0.2, 0.25) is 0 Å². The zero-order valence-corrected chi connectivity index (χ0v) is 9.89. The third-order valence-corrected chi connectivity index (χ3v) is 3.01. The lowest BCUT2D eigenvalue weighted by molar-refractivity contribution is 0.0533. The van der Waals surface area contributed by atoms with Gasteiger partial charge in [0.1, 0.15) is 5.82 Å². The molecule has 0 aliphatic heterocycles. The molecule has 15 heavy (non-hydrogen) atoms. The van der Waals surface area contributed by atoms with Crippen LogP contribution < -0.4 is 5.73 Å². The van der Waals surface area contributed by atoms with E-state index in [1.165, 1.54) is 11.3 Å². The van der Waals surface area contributed by atoms with E-state index in [4.69, 9.17) is 10.5 Å². The molecule has 1 rings (SSSR count). The Bertz CT molecular complexity index is 336. The second kappa shape index (κ2) is 5.70. The number of unbranched alkanes of at least 4 members (excludes halogenated alkanes) is 1. The van der Waals surface area contributed by atoms with Crippen LogP contribution in [0.15, 0.2) is 0 Å². The third kappa shape index (κ3) is 3.20. The summed E-state index contributed by atoms with van der Waals surface area (Å²) in [5.41, 5.74) is 5.64. The first-order valence-electron chi connectivity index (χ1n) is 5.11. The molecular formula is C10H16N2O2S. The molecule has 4 nitrogen and oxygen atoms in total. The van der Waals surface area contributed by atoms with Crippen LogP contribution in [0.3, 0.4) is 0 Å². The quantitative estimate of drug-likeness (QED) is 0.785. The summed E-state index contributed by atoms with van der Waals surface area (Å²) in [6.45, 7) is 4.25. The van der Waals surface area contributed by atoms with Crippen LogP contribution in [-0.2, 0) is 11.2 Å². The van der Waals surface area contributed by atoms with Crippen molar-refractivity contribution in [3.63, 3.8) is 0 Å². The number of aromatic nitrogens is 1. The zero-order chi connectivity index (χ0) is 11.3. The fourth-order valence-corrected chi connectivity index (χ4v) is 2.07. The van der Waals surface area contributed by atoms with Gasteiger partial charge in [0.15, 0.2) is 4.88 Å². The van der Waals surface area contributed by atoms with Gasteiger partial charge in [0.25, 0.3) is 0 Å². The molecule has 0 amide bonds. The normalized spacial score (nSPS) is 10.3. The predicted molar refractivity (Wildman–Crippen MR) is 61.1 cm³/mol. The van der Waals surface area contributed by atoms with Crippen LogP contribution in [-0.4, -0.2) is 17.6 Å². The first-order chi connectivity index (χ1) is 7.19. The van der Waals surface area contributed by atoms with Gasteiger partial charge in [0, 0.05) is 0 Å². The number of nitrogen functional groups attached to an aromatic ring is 1. The van der Waals surface area contributed by atoms with Crippen molar-refractivity contribution in [3.05, 3.63) is 9.88 Å². The number of rotatable bonds is 5. The van der Waals surface area contributed by atoms with Gasteiger partial charge in [0.05, 0.1) is 11.6 Å². The summed E-state index contributed by atoms with van der Waals surface area (Å²) in [7, 11) is 0. The topological polar surface area (TPSA) is 65.2 Å². The van der Waals surface area contributed by atoms with Crippen molar-refractivity contribution >= 4 is 23.1 Å². The van der Waals surface area contributed by atoms with E-state index in [0.29, 0.717) is 17.3 Å². The van der Waals surface area contributed by atoms with Crippen molar-refractivity contribution in [1.29, 1.82) is 0 Å². The van der Waals surface area contributed by atoms with Gasteiger partial charge in [-0.15, -0.1) is 11.3 Å². The summed E-state index contributed by atoms with van der Waals surface area (Å²) >= 11 is 1.34. The van der Waals surface area contributed by atoms with Crippen LogP contribution >= 0.6 is 11.3 Å². The minimum absolute atomic E-state index is 0.296. The highest BCUT2D eigenvalue weighted by Gasteiger charge is 2.16. The second-order valence-electron chi connectivity index (χ2n) is 3.15. The van der Waals surface area contributed by atoms with Crippen LogP contribution in [0.5, 0.6) is 0 Å². The van der Waals surface area contributed by atoms with E-state index >= 15 is 0 Å². The van der Waals surface area contributed by atoms with Crippen molar-refractivity contribution in [2.75, 3.05) is 12.3 Å². The summed E-state index contributed by atoms with van der Waals surface area (Å²) in [5, 5.41) is 0.914. The van der Waals surface area contributed by atoms with E-state index < -0.39 is 0 Å². The Morgan fingerprint density at radius 1 is 1.53 bits per heavy atom. The largest absolute Gasteiger partial charge is 0.462 e. The van der Waals surface area contributed by atoms with E-state index in [2.05, 4.69) is 11.9 Å². The highest BCUT2D eigenvalue weighted by atomic mass is 32.1. The van der Waals surface area contributed by atoms with Gasteiger partial charge in [-0.3, -0.25) is 0 Å². The van der Waals surface area contributed by atoms with Gasteiger partial charge in [-0.1, -0.05) is 13.3 Å². The Morgan fingerprint density at radius 2 is 2.27 bits per heavy atom. The molecule has 0 bridgehead atoms. The monoisotopic (exact) mass is 228 g/mol. The van der Waals surface area contributed by atoms with Crippen LogP contribution in [0.1, 0.15) is 41.4 Å². The van der Waals surface area contributed by atoms with Crippen LogP contribution in [0.2, 0.25) is 0 Å². The number of carbonyl (C=O) groups is 1. The zero-order valence-electron chi connectivity index (χ0n) is 9.08. The highest BCUT2D eigenvalue weighted by molar-refractivity contribution is 7.14. The number of nitrogens with two attached hydrogens (primary N) is 1. The van der Waals surface area contributed by atoms with Crippen molar-refractivity contribution in [2.45, 2.75) is 33.1 Å². The first kappa shape index (κ1) is 12.0. The maximum atomic E-state index is 11.4. The summed E-state index contributed by atoms with van der Waals surface area (Å²) < 4.78 is 4.88. The van der Waals surface area contributed by atoms with Gasteiger partial charge in [-0.25, -0.2) is 9.78 Å². The number of thiazole rings is 1. The van der Waals surface area contributed by atoms with Gasteiger partial charge in [-0.2, -0.15) is 0 Å². The maximum absolute atomic E-state index is 11.4. The van der Waals surface area contributed by atoms with E-state index in [9.17, 15) is 4.79 Å². The van der Waals surface area contributed by atoms with E-state index in [1.807, 2.05) is 0 Å². The Hall–Kier alpha value is -1.10. The van der Waals surface area contributed by atoms with Gasteiger partial charge >= 0.3 is 5.97 Å². The molecule has 0 spiro atoms. The molecule has 0 radical (unpaired) electrons. The molecule has 0 unspecified atom stereocenters. The molecule has 0 aliphatic rings. The Labute approximate surface area is 93.5 Å². The minimum Gasteiger partial charge on any atom is -0.462 e. The molecule has 1 aromatic heterocycles. The summed E-state index contributed by atoms with van der Waals surface area (Å²) in [4.78, 5) is 16.0. The highest BCUT2D eigenvalue weighted by Crippen LogP contribution is 2.22. The molecule has 1 aromatic rings. The Kier molecular flexibility index (Phi) is 4.55. The fraction of sp³-hybridized carbons (Fsp3) is 0.600. The van der Waals surface area contributed by atoms with Crippen molar-refractivity contribution < 1.29 is 9.53 Å². The van der Waals surface area contributed by atoms with Crippen LogP contribution in [0, 0.1) is 0 Å². The van der Waals surface area contributed by atoms with Gasteiger partial charge < -0.3 is 10.5 Å². The average Bonchev–Trinajstić information content (AvgIpc) is 2.57. The number of ether oxygens (including phenoxy) is 1. The number of nitrogens with zero attached hydrogens (tertiary/aromatic N) is 1. The maximum Gasteiger partial charge on any atom is 0.352 e. The smallest absolute Gasteiger partial charge is 0.352 e. The van der Waals surface area contributed by atoms with Crippen LogP contribution in [0.25, 0.3) is 0 Å². The number of anilines is 1. The van der Waals surface area contributed by atoms with E-state index in [0.717, 1.165) is 24.3 Å². The number of aryl methyl sites for hydroxylation is 1. The lowest BCUT2D eigenvalue weighted by Crippen LogP contribution is -2.05. The molecule has 84 valence electrons. The molecule has 0 saturated carbocycles. The molecule has 0 aromatic carbocycles. The molecule has 2 N–H and O–H groups in total. The SMILES string of the molecule is CCCCc1nc(N)c(C(=O)OCC)s1. The van der Waals surface area contributed by atoms with Crippen LogP contribution in [0.4, 0.5) is 5.82 Å². The molecule has 0 atom stereocenters. The predicted octanol–water partition coefficient (Wildman–Crippen LogP) is 2.24. The summed E-state index contributed by atoms with van der Waals surface area (Å²) in [6, 6.07) is 0. The molecule has 0 saturated heterocycles. The third-order valence-electron chi connectivity index (χ3n) is 1.90. The summed E-state index contributed by atoms with van der Waals surface area (Å²) in [6.07, 6.45) is 3.05.